The van der Waals surface area contributed by atoms with Crippen LogP contribution in [0.5, 0.6) is 0 Å². The molecule has 2 unspecified atom stereocenters. The lowest BCUT2D eigenvalue weighted by Gasteiger charge is -2.25. The minimum absolute atomic E-state index is 0.180. The molecule has 0 aliphatic heterocycles. The number of quaternary nitrogens is 1. The number of esters is 2. The molecule has 0 saturated carbocycles. The Balaban J connectivity index is 4.11. The number of allylic oxidation sites excluding steroid dienone is 6. The fourth-order valence-electron chi connectivity index (χ4n) is 9.04. The standard InChI is InChI=1S/C64H119NO8/c1-6-8-10-12-14-16-18-20-22-24-25-26-27-28-29-30-31-32-33-34-35-36-37-39-41-43-45-47-49-51-53-55-62(67)73-60(59-72-64(63(68)69)70-57-56-65(3,4)5)58-71-61(66)54-52-50-48-46-44-42-40-38-23-21-19-17-15-13-11-9-7-2/h18,20-21,23-25,60,64H,6-17,19,22,26-59H2,1-5H3/p+1/b20-18-,23-21-,25-24-. The molecular formula is C64H120NO8+. The van der Waals surface area contributed by atoms with Crippen LogP contribution in [0.25, 0.3) is 0 Å². The normalized spacial score (nSPS) is 12.9. The van der Waals surface area contributed by atoms with Crippen LogP contribution in [-0.4, -0.2) is 87.4 Å². The summed E-state index contributed by atoms with van der Waals surface area (Å²) in [6, 6.07) is 0. The van der Waals surface area contributed by atoms with Crippen LogP contribution in [0, 0.1) is 0 Å². The van der Waals surface area contributed by atoms with E-state index in [4.69, 9.17) is 18.9 Å². The number of unbranched alkanes of at least 4 members (excludes halogenated alkanes) is 37. The molecular weight excluding hydrogens is 911 g/mol. The SMILES string of the molecule is CCCCCCC/C=C\C/C=C\CCCCCCCCCCCCCCCCCCCCCC(=O)OC(COC(=O)CCCCCCCCC/C=C\CCCCCCCC)COC(OCC[N+](C)(C)C)C(=O)O. The van der Waals surface area contributed by atoms with Gasteiger partial charge in [-0.15, -0.1) is 0 Å². The van der Waals surface area contributed by atoms with Gasteiger partial charge >= 0.3 is 17.9 Å². The van der Waals surface area contributed by atoms with Gasteiger partial charge in [-0.3, -0.25) is 9.59 Å². The third-order valence-corrected chi connectivity index (χ3v) is 13.9. The number of carboxylic acids is 1. The highest BCUT2D eigenvalue weighted by atomic mass is 16.7. The van der Waals surface area contributed by atoms with Crippen LogP contribution < -0.4 is 0 Å². The summed E-state index contributed by atoms with van der Waals surface area (Å²) in [5.41, 5.74) is 0. The Labute approximate surface area is 451 Å². The second kappa shape index (κ2) is 55.7. The number of ether oxygens (including phenoxy) is 4. The van der Waals surface area contributed by atoms with Crippen LogP contribution in [-0.2, 0) is 33.3 Å². The van der Waals surface area contributed by atoms with Crippen molar-refractivity contribution in [1.29, 1.82) is 0 Å². The van der Waals surface area contributed by atoms with Gasteiger partial charge in [0.05, 0.1) is 34.4 Å². The lowest BCUT2D eigenvalue weighted by atomic mass is 10.0. The molecule has 9 heteroatoms. The molecule has 0 heterocycles. The third kappa shape index (κ3) is 57.1. The summed E-state index contributed by atoms with van der Waals surface area (Å²) in [5, 5.41) is 9.71. The maximum absolute atomic E-state index is 12.9. The van der Waals surface area contributed by atoms with Crippen molar-refractivity contribution >= 4 is 17.9 Å². The summed E-state index contributed by atoms with van der Waals surface area (Å²) in [7, 11) is 5.98. The third-order valence-electron chi connectivity index (χ3n) is 13.9. The molecule has 0 spiro atoms. The van der Waals surface area contributed by atoms with Gasteiger partial charge in [0.25, 0.3) is 6.29 Å². The lowest BCUT2D eigenvalue weighted by Crippen LogP contribution is -2.40. The zero-order valence-corrected chi connectivity index (χ0v) is 48.8. The van der Waals surface area contributed by atoms with Gasteiger partial charge in [-0.05, 0) is 70.6 Å². The lowest BCUT2D eigenvalue weighted by molar-refractivity contribution is -0.870. The Bertz CT molecular complexity index is 1290. The first-order chi connectivity index (χ1) is 35.6. The molecule has 0 bridgehead atoms. The van der Waals surface area contributed by atoms with Gasteiger partial charge in [-0.2, -0.15) is 0 Å². The summed E-state index contributed by atoms with van der Waals surface area (Å²) in [6.45, 7) is 4.90. The monoisotopic (exact) mass is 1030 g/mol. The molecule has 0 saturated heterocycles. The number of carbonyl (C=O) groups is 3. The van der Waals surface area contributed by atoms with Crippen molar-refractivity contribution in [2.75, 3.05) is 47.5 Å². The average Bonchev–Trinajstić information content (AvgIpc) is 3.36. The summed E-state index contributed by atoms with van der Waals surface area (Å²) < 4.78 is 22.9. The molecule has 0 aromatic rings. The number of nitrogens with zero attached hydrogens (tertiary/aromatic N) is 1. The largest absolute Gasteiger partial charge is 0.477 e. The summed E-state index contributed by atoms with van der Waals surface area (Å²) in [6.07, 6.45) is 65.2. The van der Waals surface area contributed by atoms with Gasteiger partial charge in [0.15, 0.2) is 6.10 Å². The van der Waals surface area contributed by atoms with Gasteiger partial charge in [-0.25, -0.2) is 4.79 Å². The molecule has 0 aliphatic carbocycles. The zero-order chi connectivity index (χ0) is 53.4. The highest BCUT2D eigenvalue weighted by Crippen LogP contribution is 2.17. The zero-order valence-electron chi connectivity index (χ0n) is 48.8. The topological polar surface area (TPSA) is 108 Å². The first-order valence-corrected chi connectivity index (χ1v) is 31.2. The molecule has 0 aliphatic rings. The Morgan fingerprint density at radius 2 is 0.740 bits per heavy atom. The summed E-state index contributed by atoms with van der Waals surface area (Å²) in [4.78, 5) is 37.4. The number of carboxylic acid groups (broad SMARTS) is 1. The highest BCUT2D eigenvalue weighted by molar-refractivity contribution is 5.71. The molecule has 0 aromatic carbocycles. The molecule has 9 nitrogen and oxygen atoms in total. The van der Waals surface area contributed by atoms with Gasteiger partial charge in [-0.1, -0.05) is 249 Å². The van der Waals surface area contributed by atoms with Crippen LogP contribution in [0.15, 0.2) is 36.5 Å². The molecule has 73 heavy (non-hydrogen) atoms. The smallest absolute Gasteiger partial charge is 0.361 e. The number of hydrogen-bond donors (Lipinski definition) is 1. The van der Waals surface area contributed by atoms with E-state index in [9.17, 15) is 19.5 Å². The van der Waals surface area contributed by atoms with E-state index in [0.29, 0.717) is 17.4 Å². The van der Waals surface area contributed by atoms with Crippen molar-refractivity contribution in [2.24, 2.45) is 0 Å². The predicted molar refractivity (Wildman–Crippen MR) is 309 cm³/mol. The van der Waals surface area contributed by atoms with Crippen molar-refractivity contribution in [3.05, 3.63) is 36.5 Å². The highest BCUT2D eigenvalue weighted by Gasteiger charge is 2.25. The maximum atomic E-state index is 12.9. The van der Waals surface area contributed by atoms with Gasteiger partial charge in [0.1, 0.15) is 13.2 Å². The van der Waals surface area contributed by atoms with E-state index >= 15 is 0 Å². The molecule has 1 N–H and O–H groups in total. The summed E-state index contributed by atoms with van der Waals surface area (Å²) in [5.74, 6) is -1.99. The second-order valence-electron chi connectivity index (χ2n) is 22.4. The number of carbonyl (C=O) groups excluding carboxylic acids is 2. The van der Waals surface area contributed by atoms with Crippen LogP contribution in [0.2, 0.25) is 0 Å². The fourth-order valence-corrected chi connectivity index (χ4v) is 9.04. The Kier molecular flexibility index (Phi) is 53.8. The molecule has 0 radical (unpaired) electrons. The van der Waals surface area contributed by atoms with E-state index in [1.54, 1.807) is 0 Å². The van der Waals surface area contributed by atoms with Gasteiger partial charge in [0.2, 0.25) is 0 Å². The van der Waals surface area contributed by atoms with Gasteiger partial charge in [0, 0.05) is 12.8 Å². The second-order valence-corrected chi connectivity index (χ2v) is 22.4. The number of rotatable bonds is 58. The molecule has 0 amide bonds. The Morgan fingerprint density at radius 1 is 0.411 bits per heavy atom. The van der Waals surface area contributed by atoms with E-state index in [-0.39, 0.29) is 32.2 Å². The Hall–Kier alpha value is -2.49. The van der Waals surface area contributed by atoms with Crippen LogP contribution in [0.1, 0.15) is 296 Å². The van der Waals surface area contributed by atoms with Crippen LogP contribution in [0.4, 0.5) is 0 Å². The minimum atomic E-state index is -1.51. The molecule has 428 valence electrons. The van der Waals surface area contributed by atoms with Crippen molar-refractivity contribution in [3.63, 3.8) is 0 Å². The molecule has 2 atom stereocenters. The summed E-state index contributed by atoms with van der Waals surface area (Å²) >= 11 is 0. The minimum Gasteiger partial charge on any atom is -0.477 e. The van der Waals surface area contributed by atoms with Crippen molar-refractivity contribution in [2.45, 2.75) is 309 Å². The average molecular weight is 1030 g/mol. The van der Waals surface area contributed by atoms with Crippen molar-refractivity contribution in [3.8, 4) is 0 Å². The van der Waals surface area contributed by atoms with Crippen molar-refractivity contribution in [1.82, 2.24) is 0 Å². The molecule has 0 aromatic heterocycles. The van der Waals surface area contributed by atoms with Gasteiger partial charge < -0.3 is 28.5 Å². The molecule has 0 fully saturated rings. The van der Waals surface area contributed by atoms with Crippen LogP contribution in [0.3, 0.4) is 0 Å². The fraction of sp³-hybridized carbons (Fsp3) is 0.859. The van der Waals surface area contributed by atoms with E-state index < -0.39 is 24.3 Å². The number of hydrogen-bond acceptors (Lipinski definition) is 7. The predicted octanol–water partition coefficient (Wildman–Crippen LogP) is 18.5. The first-order valence-electron chi connectivity index (χ1n) is 31.2. The van der Waals surface area contributed by atoms with E-state index in [1.165, 1.54) is 225 Å². The Morgan fingerprint density at radius 3 is 1.10 bits per heavy atom. The quantitative estimate of drug-likeness (QED) is 0.0211. The maximum Gasteiger partial charge on any atom is 0.361 e. The van der Waals surface area contributed by atoms with E-state index in [2.05, 4.69) is 50.3 Å². The van der Waals surface area contributed by atoms with Crippen LogP contribution >= 0.6 is 0 Å². The van der Waals surface area contributed by atoms with E-state index in [1.807, 2.05) is 21.1 Å². The van der Waals surface area contributed by atoms with Crippen molar-refractivity contribution < 1.29 is 42.9 Å². The number of likely N-dealkylation sites (N-methyl/N-ethyl adjacent to an activating group) is 1. The number of aliphatic carboxylic acids is 1. The molecule has 0 rings (SSSR count). The first kappa shape index (κ1) is 70.5. The van der Waals surface area contributed by atoms with E-state index in [0.717, 1.165) is 44.9 Å².